The highest BCUT2D eigenvalue weighted by atomic mass is 16.2. The summed E-state index contributed by atoms with van der Waals surface area (Å²) in [7, 11) is 1.79. The van der Waals surface area contributed by atoms with Gasteiger partial charge in [-0.3, -0.25) is 24.0 Å². The predicted molar refractivity (Wildman–Crippen MR) is 103 cm³/mol. The maximum absolute atomic E-state index is 12.9. The standard InChI is InChI=1S/C19H23N7O3/c1-13-6-21-16(8-20-13)18(29)24-5-4-19(11-24)12-25(15-7-22-23(3)9-15)17(28)10-26(19)14(2)27/h6-9H,4-5,10-12H2,1-3H3. The lowest BCUT2D eigenvalue weighted by Gasteiger charge is -2.47. The Labute approximate surface area is 168 Å². The molecular weight excluding hydrogens is 374 g/mol. The van der Waals surface area contributed by atoms with Crippen molar-refractivity contribution in [2.75, 3.05) is 31.1 Å². The van der Waals surface area contributed by atoms with E-state index in [0.717, 1.165) is 5.69 Å². The summed E-state index contributed by atoms with van der Waals surface area (Å²) < 4.78 is 1.63. The molecule has 2 aliphatic rings. The van der Waals surface area contributed by atoms with Crippen LogP contribution in [0.2, 0.25) is 0 Å². The van der Waals surface area contributed by atoms with Crippen LogP contribution in [0.25, 0.3) is 0 Å². The van der Waals surface area contributed by atoms with Crippen LogP contribution in [0, 0.1) is 6.92 Å². The monoisotopic (exact) mass is 397 g/mol. The molecule has 2 saturated heterocycles. The van der Waals surface area contributed by atoms with Gasteiger partial charge in [0.15, 0.2) is 0 Å². The minimum atomic E-state index is -0.636. The van der Waals surface area contributed by atoms with Crippen molar-refractivity contribution >= 4 is 23.4 Å². The van der Waals surface area contributed by atoms with E-state index in [0.29, 0.717) is 31.7 Å². The number of carbonyl (C=O) groups excluding carboxylic acids is 3. The van der Waals surface area contributed by atoms with Crippen LogP contribution in [0.4, 0.5) is 5.69 Å². The highest BCUT2D eigenvalue weighted by Crippen LogP contribution is 2.34. The van der Waals surface area contributed by atoms with E-state index >= 15 is 0 Å². The molecule has 1 unspecified atom stereocenters. The zero-order chi connectivity index (χ0) is 20.8. The van der Waals surface area contributed by atoms with E-state index in [1.807, 2.05) is 6.92 Å². The molecule has 2 aromatic rings. The number of anilines is 1. The van der Waals surface area contributed by atoms with Gasteiger partial charge in [-0.25, -0.2) is 4.98 Å². The molecular formula is C19H23N7O3. The number of likely N-dealkylation sites (tertiary alicyclic amines) is 1. The van der Waals surface area contributed by atoms with Gasteiger partial charge in [0, 0.05) is 39.5 Å². The summed E-state index contributed by atoms with van der Waals surface area (Å²) in [6.45, 7) is 4.39. The van der Waals surface area contributed by atoms with E-state index in [4.69, 9.17) is 0 Å². The molecule has 0 N–H and O–H groups in total. The van der Waals surface area contributed by atoms with Gasteiger partial charge in [-0.05, 0) is 13.3 Å². The van der Waals surface area contributed by atoms with E-state index in [-0.39, 0.29) is 30.0 Å². The molecule has 29 heavy (non-hydrogen) atoms. The van der Waals surface area contributed by atoms with Crippen molar-refractivity contribution in [1.82, 2.24) is 29.5 Å². The van der Waals surface area contributed by atoms with Gasteiger partial charge in [-0.1, -0.05) is 0 Å². The molecule has 0 radical (unpaired) electrons. The highest BCUT2D eigenvalue weighted by molar-refractivity contribution is 5.98. The molecule has 3 amide bonds. The van der Waals surface area contributed by atoms with Crippen molar-refractivity contribution in [2.24, 2.45) is 7.05 Å². The molecule has 10 heteroatoms. The summed E-state index contributed by atoms with van der Waals surface area (Å²) in [5, 5.41) is 4.15. The van der Waals surface area contributed by atoms with E-state index in [1.165, 1.54) is 13.1 Å². The van der Waals surface area contributed by atoms with E-state index in [2.05, 4.69) is 15.1 Å². The highest BCUT2D eigenvalue weighted by Gasteiger charge is 2.51. The summed E-state index contributed by atoms with van der Waals surface area (Å²) >= 11 is 0. The number of rotatable bonds is 2. The van der Waals surface area contributed by atoms with Crippen LogP contribution in [0.3, 0.4) is 0 Å². The number of amides is 3. The minimum Gasteiger partial charge on any atom is -0.335 e. The molecule has 10 nitrogen and oxygen atoms in total. The molecule has 1 spiro atoms. The second kappa shape index (κ2) is 6.94. The van der Waals surface area contributed by atoms with Gasteiger partial charge < -0.3 is 14.7 Å². The first kappa shape index (κ1) is 19.0. The molecule has 0 bridgehead atoms. The number of hydrogen-bond acceptors (Lipinski definition) is 6. The zero-order valence-corrected chi connectivity index (χ0v) is 16.7. The molecule has 4 rings (SSSR count). The normalized spacial score (nSPS) is 21.9. The van der Waals surface area contributed by atoms with Gasteiger partial charge in [0.2, 0.25) is 11.8 Å². The second-order valence-corrected chi connectivity index (χ2v) is 7.70. The lowest BCUT2D eigenvalue weighted by molar-refractivity contribution is -0.142. The third kappa shape index (κ3) is 3.34. The Morgan fingerprint density at radius 3 is 2.55 bits per heavy atom. The topological polar surface area (TPSA) is 105 Å². The van der Waals surface area contributed by atoms with Gasteiger partial charge in [-0.15, -0.1) is 0 Å². The number of aromatic nitrogens is 4. The molecule has 2 aliphatic heterocycles. The lowest BCUT2D eigenvalue weighted by atomic mass is 9.92. The third-order valence-corrected chi connectivity index (χ3v) is 5.62. The van der Waals surface area contributed by atoms with Crippen LogP contribution in [0.5, 0.6) is 0 Å². The number of piperazine rings is 1. The van der Waals surface area contributed by atoms with E-state index in [1.54, 1.807) is 45.0 Å². The third-order valence-electron chi connectivity index (χ3n) is 5.62. The van der Waals surface area contributed by atoms with Crippen molar-refractivity contribution in [1.29, 1.82) is 0 Å². The Morgan fingerprint density at radius 1 is 1.14 bits per heavy atom. The Kier molecular flexibility index (Phi) is 4.56. The Bertz CT molecular complexity index is 970. The SMILES string of the molecule is CC(=O)N1CC(=O)N(c2cnn(C)c2)CC12CCN(C(=O)c1cnc(C)cn1)C2. The van der Waals surface area contributed by atoms with Gasteiger partial charge >= 0.3 is 0 Å². The van der Waals surface area contributed by atoms with Crippen molar-refractivity contribution in [3.8, 4) is 0 Å². The molecule has 4 heterocycles. The number of carbonyl (C=O) groups is 3. The molecule has 2 fully saturated rings. The van der Waals surface area contributed by atoms with Crippen LogP contribution in [-0.4, -0.2) is 79.0 Å². The van der Waals surface area contributed by atoms with Gasteiger partial charge in [0.25, 0.3) is 5.91 Å². The first-order chi connectivity index (χ1) is 13.8. The van der Waals surface area contributed by atoms with Gasteiger partial charge in [0.1, 0.15) is 12.2 Å². The molecule has 2 aromatic heterocycles. The smallest absolute Gasteiger partial charge is 0.274 e. The minimum absolute atomic E-state index is 0.0173. The van der Waals surface area contributed by atoms with Crippen molar-refractivity contribution in [2.45, 2.75) is 25.8 Å². The largest absolute Gasteiger partial charge is 0.335 e. The predicted octanol–water partition coefficient (Wildman–Crippen LogP) is -0.00148. The molecule has 0 aromatic carbocycles. The average molecular weight is 397 g/mol. The molecule has 0 saturated carbocycles. The maximum Gasteiger partial charge on any atom is 0.274 e. The van der Waals surface area contributed by atoms with Crippen LogP contribution in [-0.2, 0) is 16.6 Å². The quantitative estimate of drug-likeness (QED) is 0.706. The summed E-state index contributed by atoms with van der Waals surface area (Å²) in [5.74, 6) is -0.552. The number of nitrogens with zero attached hydrogens (tertiary/aromatic N) is 7. The summed E-state index contributed by atoms with van der Waals surface area (Å²) in [4.78, 5) is 51.3. The summed E-state index contributed by atoms with van der Waals surface area (Å²) in [6, 6.07) is 0. The molecule has 0 aliphatic carbocycles. The fourth-order valence-electron chi connectivity index (χ4n) is 4.13. The van der Waals surface area contributed by atoms with Crippen molar-refractivity contribution < 1.29 is 14.4 Å². The van der Waals surface area contributed by atoms with Crippen LogP contribution >= 0.6 is 0 Å². The second-order valence-electron chi connectivity index (χ2n) is 7.70. The van der Waals surface area contributed by atoms with Gasteiger partial charge in [0.05, 0.1) is 35.9 Å². The van der Waals surface area contributed by atoms with Crippen LogP contribution < -0.4 is 4.90 Å². The number of hydrogen-bond donors (Lipinski definition) is 0. The van der Waals surface area contributed by atoms with Crippen LogP contribution in [0.1, 0.15) is 29.5 Å². The Hall–Kier alpha value is -3.30. The zero-order valence-electron chi connectivity index (χ0n) is 16.7. The molecule has 152 valence electrons. The van der Waals surface area contributed by atoms with Crippen LogP contribution in [0.15, 0.2) is 24.8 Å². The average Bonchev–Trinajstić information content (AvgIpc) is 3.30. The number of aryl methyl sites for hydroxylation is 2. The maximum atomic E-state index is 12.9. The summed E-state index contributed by atoms with van der Waals surface area (Å²) in [6.07, 6.45) is 7.02. The lowest BCUT2D eigenvalue weighted by Crippen LogP contribution is -2.67. The summed E-state index contributed by atoms with van der Waals surface area (Å²) in [5.41, 5.74) is 1.07. The Balaban J connectivity index is 1.61. The van der Waals surface area contributed by atoms with E-state index < -0.39 is 5.54 Å². The van der Waals surface area contributed by atoms with Gasteiger partial charge in [-0.2, -0.15) is 5.10 Å². The fourth-order valence-corrected chi connectivity index (χ4v) is 4.13. The fraction of sp³-hybridized carbons (Fsp3) is 0.474. The molecule has 1 atom stereocenters. The first-order valence-electron chi connectivity index (χ1n) is 9.44. The van der Waals surface area contributed by atoms with Crippen molar-refractivity contribution in [3.63, 3.8) is 0 Å². The Morgan fingerprint density at radius 2 is 1.93 bits per heavy atom. The van der Waals surface area contributed by atoms with E-state index in [9.17, 15) is 14.4 Å². The first-order valence-corrected chi connectivity index (χ1v) is 9.44. The van der Waals surface area contributed by atoms with Crippen molar-refractivity contribution in [3.05, 3.63) is 36.2 Å².